The Morgan fingerprint density at radius 2 is 1.62 bits per heavy atom. The molecule has 3 nitrogen and oxygen atoms in total. The third-order valence-electron chi connectivity index (χ3n) is 1.86. The summed E-state index contributed by atoms with van der Waals surface area (Å²) in [6, 6.07) is 8.49. The van der Waals surface area contributed by atoms with Gasteiger partial charge in [0.2, 0.25) is 0 Å². The van der Waals surface area contributed by atoms with Crippen molar-refractivity contribution in [1.29, 1.82) is 0 Å². The number of nitrogens with zero attached hydrogens (tertiary/aromatic N) is 1. The molecule has 0 spiro atoms. The topological polar surface area (TPSA) is 45.4 Å². The largest absolute Gasteiger partial charge is 0.504 e. The zero-order chi connectivity index (χ0) is 9.26. The molecule has 3 heteroatoms. The predicted molar refractivity (Wildman–Crippen MR) is 49.1 cm³/mol. The van der Waals surface area contributed by atoms with Gasteiger partial charge in [-0.25, -0.2) is 0 Å². The second kappa shape index (κ2) is 2.86. The number of hydrogen-bond donors (Lipinski definition) is 2. The van der Waals surface area contributed by atoms with E-state index in [2.05, 4.69) is 0 Å². The Labute approximate surface area is 75.5 Å². The maximum Gasteiger partial charge on any atom is 0.159 e. The van der Waals surface area contributed by atoms with Crippen molar-refractivity contribution in [3.05, 3.63) is 42.7 Å². The van der Waals surface area contributed by atoms with Gasteiger partial charge in [-0.3, -0.25) is 0 Å². The molecule has 0 aliphatic rings. The van der Waals surface area contributed by atoms with Gasteiger partial charge < -0.3 is 14.8 Å². The lowest BCUT2D eigenvalue weighted by molar-refractivity contribution is 0.403. The lowest BCUT2D eigenvalue weighted by Gasteiger charge is -2.03. The summed E-state index contributed by atoms with van der Waals surface area (Å²) in [6.45, 7) is 0. The van der Waals surface area contributed by atoms with Crippen LogP contribution in [0.2, 0.25) is 0 Å². The predicted octanol–water partition coefficient (Wildman–Crippen LogP) is 1.89. The molecule has 0 fully saturated rings. The van der Waals surface area contributed by atoms with Crippen molar-refractivity contribution in [3.8, 4) is 17.2 Å². The highest BCUT2D eigenvalue weighted by molar-refractivity contribution is 5.47. The molecule has 66 valence electrons. The van der Waals surface area contributed by atoms with Crippen LogP contribution in [0.3, 0.4) is 0 Å². The molecule has 1 heterocycles. The van der Waals surface area contributed by atoms with Crippen molar-refractivity contribution in [2.45, 2.75) is 0 Å². The molecular formula is C10H9NO2. The highest BCUT2D eigenvalue weighted by Crippen LogP contribution is 2.26. The maximum atomic E-state index is 9.24. The van der Waals surface area contributed by atoms with Gasteiger partial charge in [-0.1, -0.05) is 0 Å². The molecule has 0 unspecified atom stereocenters. The van der Waals surface area contributed by atoms with E-state index in [-0.39, 0.29) is 11.5 Å². The number of benzene rings is 1. The molecule has 0 atom stereocenters. The number of rotatable bonds is 1. The Balaban J connectivity index is 2.49. The van der Waals surface area contributed by atoms with Crippen LogP contribution < -0.4 is 0 Å². The second-order valence-corrected chi connectivity index (χ2v) is 2.76. The Hall–Kier alpha value is -1.90. The van der Waals surface area contributed by atoms with E-state index in [1.54, 1.807) is 6.07 Å². The number of aromatic nitrogens is 1. The van der Waals surface area contributed by atoms with Gasteiger partial charge >= 0.3 is 0 Å². The minimum absolute atomic E-state index is 0.101. The standard InChI is InChI=1S/C10H9NO2/c12-9-4-3-8(7-10(9)13)11-5-1-2-6-11/h1-7,12-13H. The summed E-state index contributed by atoms with van der Waals surface area (Å²) in [6.07, 6.45) is 3.73. The minimum atomic E-state index is -0.105. The molecule has 0 bridgehead atoms. The van der Waals surface area contributed by atoms with Crippen LogP contribution in [-0.4, -0.2) is 14.8 Å². The lowest BCUT2D eigenvalue weighted by Crippen LogP contribution is -1.87. The Morgan fingerprint density at radius 3 is 2.23 bits per heavy atom. The maximum absolute atomic E-state index is 9.24. The van der Waals surface area contributed by atoms with Crippen LogP contribution >= 0.6 is 0 Å². The molecule has 2 aromatic rings. The van der Waals surface area contributed by atoms with Gasteiger partial charge in [0.05, 0.1) is 0 Å². The number of aromatic hydroxyl groups is 2. The first-order chi connectivity index (χ1) is 6.27. The van der Waals surface area contributed by atoms with Crippen LogP contribution in [0.25, 0.3) is 5.69 Å². The quantitative estimate of drug-likeness (QED) is 0.650. The van der Waals surface area contributed by atoms with Crippen molar-refractivity contribution in [2.24, 2.45) is 0 Å². The van der Waals surface area contributed by atoms with Gasteiger partial charge in [0.25, 0.3) is 0 Å². The molecule has 0 radical (unpaired) electrons. The fraction of sp³-hybridized carbons (Fsp3) is 0. The van der Waals surface area contributed by atoms with Gasteiger partial charge in [-0.05, 0) is 24.3 Å². The Bertz CT molecular complexity index is 407. The minimum Gasteiger partial charge on any atom is -0.504 e. The van der Waals surface area contributed by atoms with E-state index in [1.807, 2.05) is 29.1 Å². The van der Waals surface area contributed by atoms with Crippen LogP contribution in [0.1, 0.15) is 0 Å². The summed E-state index contributed by atoms with van der Waals surface area (Å²) in [5, 5.41) is 18.3. The summed E-state index contributed by atoms with van der Waals surface area (Å²) in [5.74, 6) is -0.206. The van der Waals surface area contributed by atoms with Crippen molar-refractivity contribution >= 4 is 0 Å². The van der Waals surface area contributed by atoms with E-state index in [0.717, 1.165) is 5.69 Å². The van der Waals surface area contributed by atoms with Gasteiger partial charge in [-0.15, -0.1) is 0 Å². The molecule has 1 aromatic carbocycles. The average Bonchev–Trinajstić information content (AvgIpc) is 2.62. The molecule has 0 saturated carbocycles. The molecule has 0 saturated heterocycles. The summed E-state index contributed by atoms with van der Waals surface area (Å²) in [5.41, 5.74) is 0.820. The van der Waals surface area contributed by atoms with E-state index in [0.29, 0.717) is 0 Å². The molecule has 13 heavy (non-hydrogen) atoms. The lowest BCUT2D eigenvalue weighted by atomic mass is 10.3. The summed E-state index contributed by atoms with van der Waals surface area (Å²) in [7, 11) is 0. The zero-order valence-electron chi connectivity index (χ0n) is 6.88. The van der Waals surface area contributed by atoms with E-state index in [9.17, 15) is 5.11 Å². The first-order valence-corrected chi connectivity index (χ1v) is 3.93. The van der Waals surface area contributed by atoms with Crippen molar-refractivity contribution in [1.82, 2.24) is 4.57 Å². The van der Waals surface area contributed by atoms with E-state index in [1.165, 1.54) is 12.1 Å². The third-order valence-corrected chi connectivity index (χ3v) is 1.86. The third kappa shape index (κ3) is 1.36. The fourth-order valence-electron chi connectivity index (χ4n) is 1.18. The highest BCUT2D eigenvalue weighted by Gasteiger charge is 2.00. The molecular weight excluding hydrogens is 166 g/mol. The van der Waals surface area contributed by atoms with Crippen molar-refractivity contribution in [3.63, 3.8) is 0 Å². The van der Waals surface area contributed by atoms with Crippen LogP contribution in [-0.2, 0) is 0 Å². The van der Waals surface area contributed by atoms with Gasteiger partial charge in [-0.2, -0.15) is 0 Å². The molecule has 1 aromatic heterocycles. The zero-order valence-corrected chi connectivity index (χ0v) is 6.88. The van der Waals surface area contributed by atoms with E-state index < -0.39 is 0 Å². The molecule has 2 rings (SSSR count). The average molecular weight is 175 g/mol. The van der Waals surface area contributed by atoms with Crippen LogP contribution in [0.5, 0.6) is 11.5 Å². The number of phenolic OH excluding ortho intramolecular Hbond substituents is 2. The second-order valence-electron chi connectivity index (χ2n) is 2.76. The fourth-order valence-corrected chi connectivity index (χ4v) is 1.18. The summed E-state index contributed by atoms with van der Waals surface area (Å²) >= 11 is 0. The van der Waals surface area contributed by atoms with E-state index in [4.69, 9.17) is 5.11 Å². The Kier molecular flexibility index (Phi) is 1.70. The number of hydrogen-bond acceptors (Lipinski definition) is 2. The monoisotopic (exact) mass is 175 g/mol. The first-order valence-electron chi connectivity index (χ1n) is 3.93. The van der Waals surface area contributed by atoms with Crippen LogP contribution in [0.15, 0.2) is 42.7 Å². The molecule has 0 aliphatic heterocycles. The Morgan fingerprint density at radius 1 is 0.923 bits per heavy atom. The van der Waals surface area contributed by atoms with Gasteiger partial charge in [0, 0.05) is 24.1 Å². The number of phenols is 2. The molecule has 2 N–H and O–H groups in total. The van der Waals surface area contributed by atoms with Crippen LogP contribution in [0, 0.1) is 0 Å². The van der Waals surface area contributed by atoms with Crippen molar-refractivity contribution < 1.29 is 10.2 Å². The molecule has 0 amide bonds. The normalized spacial score (nSPS) is 10.2. The summed E-state index contributed by atoms with van der Waals surface area (Å²) < 4.78 is 1.85. The van der Waals surface area contributed by atoms with Crippen molar-refractivity contribution in [2.75, 3.05) is 0 Å². The smallest absolute Gasteiger partial charge is 0.159 e. The highest BCUT2D eigenvalue weighted by atomic mass is 16.3. The van der Waals surface area contributed by atoms with Crippen LogP contribution in [0.4, 0.5) is 0 Å². The van der Waals surface area contributed by atoms with Gasteiger partial charge in [0.1, 0.15) is 0 Å². The first kappa shape index (κ1) is 7.73. The molecule has 0 aliphatic carbocycles. The van der Waals surface area contributed by atoms with E-state index >= 15 is 0 Å². The van der Waals surface area contributed by atoms with Gasteiger partial charge in [0.15, 0.2) is 11.5 Å². The summed E-state index contributed by atoms with van der Waals surface area (Å²) in [4.78, 5) is 0. The SMILES string of the molecule is Oc1ccc(-n2cccc2)cc1O.